The molecule has 0 aromatic rings. The lowest BCUT2D eigenvalue weighted by atomic mass is 9.89. The highest BCUT2D eigenvalue weighted by atomic mass is 19.3. The average Bonchev–Trinajstić information content (AvgIpc) is 2.22. The van der Waals surface area contributed by atoms with E-state index in [2.05, 4.69) is 0 Å². The highest BCUT2D eigenvalue weighted by molar-refractivity contribution is 4.97. The summed E-state index contributed by atoms with van der Waals surface area (Å²) in [7, 11) is 0. The van der Waals surface area contributed by atoms with Gasteiger partial charge in [0.25, 0.3) is 0 Å². The lowest BCUT2D eigenvalue weighted by Crippen LogP contribution is -2.33. The Morgan fingerprint density at radius 2 is 1.57 bits per heavy atom. The van der Waals surface area contributed by atoms with Crippen LogP contribution in [0.4, 0.5) is 17.6 Å². The smallest absolute Gasteiger partial charge is 0.200 e. The largest absolute Gasteiger partial charge is 0.310 e. The van der Waals surface area contributed by atoms with Crippen LogP contribution >= 0.6 is 0 Å². The SMILES string of the molecule is CCCC(C)C1CC(F)(F)C(F)(F)C1. The maximum atomic E-state index is 12.8. The van der Waals surface area contributed by atoms with Gasteiger partial charge in [-0.3, -0.25) is 0 Å². The average molecular weight is 212 g/mol. The zero-order valence-corrected chi connectivity index (χ0v) is 8.49. The van der Waals surface area contributed by atoms with Gasteiger partial charge in [0.15, 0.2) is 0 Å². The highest BCUT2D eigenvalue weighted by Crippen LogP contribution is 2.52. The van der Waals surface area contributed by atoms with Crippen LogP contribution in [0.5, 0.6) is 0 Å². The molecule has 0 radical (unpaired) electrons. The van der Waals surface area contributed by atoms with Crippen molar-refractivity contribution in [2.45, 2.75) is 51.4 Å². The molecule has 1 atom stereocenters. The molecule has 0 aromatic heterocycles. The quantitative estimate of drug-likeness (QED) is 0.618. The lowest BCUT2D eigenvalue weighted by molar-refractivity contribution is -0.185. The van der Waals surface area contributed by atoms with E-state index in [1.54, 1.807) is 6.92 Å². The van der Waals surface area contributed by atoms with Gasteiger partial charge < -0.3 is 0 Å². The van der Waals surface area contributed by atoms with Crippen molar-refractivity contribution in [3.8, 4) is 0 Å². The Morgan fingerprint density at radius 1 is 1.14 bits per heavy atom. The van der Waals surface area contributed by atoms with Crippen LogP contribution in [0.1, 0.15) is 39.5 Å². The zero-order chi connectivity index (χ0) is 11.0. The Morgan fingerprint density at radius 3 is 1.93 bits per heavy atom. The predicted octanol–water partition coefficient (Wildman–Crippen LogP) is 4.10. The van der Waals surface area contributed by atoms with Crippen LogP contribution in [0, 0.1) is 11.8 Å². The van der Waals surface area contributed by atoms with Crippen LogP contribution < -0.4 is 0 Å². The molecular formula is C10H16F4. The molecule has 0 N–H and O–H groups in total. The molecule has 0 nitrogen and oxygen atoms in total. The van der Waals surface area contributed by atoms with Gasteiger partial charge in [0, 0.05) is 12.8 Å². The lowest BCUT2D eigenvalue weighted by Gasteiger charge is -2.16. The molecule has 1 aliphatic carbocycles. The molecule has 1 aliphatic rings. The van der Waals surface area contributed by atoms with Crippen LogP contribution in [0.25, 0.3) is 0 Å². The van der Waals surface area contributed by atoms with E-state index in [1.165, 1.54) is 0 Å². The first kappa shape index (κ1) is 11.8. The number of halogens is 4. The first-order valence-electron chi connectivity index (χ1n) is 5.06. The van der Waals surface area contributed by atoms with Crippen molar-refractivity contribution >= 4 is 0 Å². The molecule has 0 spiro atoms. The van der Waals surface area contributed by atoms with Crippen LogP contribution in [0.15, 0.2) is 0 Å². The van der Waals surface area contributed by atoms with Gasteiger partial charge in [-0.1, -0.05) is 26.7 Å². The minimum Gasteiger partial charge on any atom is -0.200 e. The van der Waals surface area contributed by atoms with Crippen molar-refractivity contribution in [2.24, 2.45) is 11.8 Å². The maximum Gasteiger partial charge on any atom is 0.310 e. The molecule has 0 bridgehead atoms. The van der Waals surface area contributed by atoms with E-state index in [4.69, 9.17) is 0 Å². The van der Waals surface area contributed by atoms with Gasteiger partial charge in [0.1, 0.15) is 0 Å². The van der Waals surface area contributed by atoms with Crippen molar-refractivity contribution in [1.82, 2.24) is 0 Å². The molecule has 0 saturated heterocycles. The second-order valence-corrected chi connectivity index (χ2v) is 4.34. The maximum absolute atomic E-state index is 12.8. The van der Waals surface area contributed by atoms with Gasteiger partial charge in [-0.2, -0.15) is 17.6 Å². The zero-order valence-electron chi connectivity index (χ0n) is 8.49. The highest BCUT2D eigenvalue weighted by Gasteiger charge is 2.63. The molecule has 0 amide bonds. The summed E-state index contributed by atoms with van der Waals surface area (Å²) in [5.74, 6) is -8.14. The van der Waals surface area contributed by atoms with Crippen molar-refractivity contribution in [2.75, 3.05) is 0 Å². The molecule has 84 valence electrons. The van der Waals surface area contributed by atoms with Crippen molar-refractivity contribution in [3.63, 3.8) is 0 Å². The van der Waals surface area contributed by atoms with Crippen molar-refractivity contribution < 1.29 is 17.6 Å². The number of hydrogen-bond acceptors (Lipinski definition) is 0. The fourth-order valence-corrected chi connectivity index (χ4v) is 2.12. The molecule has 4 heteroatoms. The topological polar surface area (TPSA) is 0 Å². The van der Waals surface area contributed by atoms with E-state index in [0.717, 1.165) is 12.8 Å². The summed E-state index contributed by atoms with van der Waals surface area (Å²) in [5, 5.41) is 0. The Balaban J connectivity index is 2.63. The fraction of sp³-hybridized carbons (Fsp3) is 1.00. The van der Waals surface area contributed by atoms with Crippen LogP contribution in [-0.4, -0.2) is 11.8 Å². The van der Waals surface area contributed by atoms with Crippen molar-refractivity contribution in [1.29, 1.82) is 0 Å². The van der Waals surface area contributed by atoms with E-state index in [0.29, 0.717) is 0 Å². The summed E-state index contributed by atoms with van der Waals surface area (Å²) in [4.78, 5) is 0. The molecule has 0 aromatic carbocycles. The molecule has 1 saturated carbocycles. The van der Waals surface area contributed by atoms with Crippen LogP contribution in [0.3, 0.4) is 0 Å². The molecule has 1 rings (SSSR count). The van der Waals surface area contributed by atoms with Crippen LogP contribution in [-0.2, 0) is 0 Å². The third kappa shape index (κ3) is 2.04. The molecule has 1 unspecified atom stereocenters. The van der Waals surface area contributed by atoms with Gasteiger partial charge >= 0.3 is 11.8 Å². The Kier molecular flexibility index (Phi) is 3.12. The third-order valence-electron chi connectivity index (χ3n) is 3.12. The predicted molar refractivity (Wildman–Crippen MR) is 46.7 cm³/mol. The Bertz CT molecular complexity index is 184. The standard InChI is InChI=1S/C10H16F4/c1-3-4-7(2)8-5-9(11,12)10(13,14)6-8/h7-8H,3-6H2,1-2H3. The van der Waals surface area contributed by atoms with Gasteiger partial charge in [-0.05, 0) is 11.8 Å². The van der Waals surface area contributed by atoms with E-state index in [-0.39, 0.29) is 5.92 Å². The normalized spacial score (nSPS) is 27.9. The van der Waals surface area contributed by atoms with Gasteiger partial charge in [0.05, 0.1) is 0 Å². The summed E-state index contributed by atoms with van der Waals surface area (Å²) in [5.41, 5.74) is 0. The number of hydrogen-bond donors (Lipinski definition) is 0. The summed E-state index contributed by atoms with van der Waals surface area (Å²) < 4.78 is 51.3. The summed E-state index contributed by atoms with van der Waals surface area (Å²) in [6.45, 7) is 3.72. The van der Waals surface area contributed by atoms with Gasteiger partial charge in [0.2, 0.25) is 0 Å². The van der Waals surface area contributed by atoms with Crippen molar-refractivity contribution in [3.05, 3.63) is 0 Å². The first-order chi connectivity index (χ1) is 6.30. The Labute approximate surface area is 81.7 Å². The van der Waals surface area contributed by atoms with Crippen LogP contribution in [0.2, 0.25) is 0 Å². The number of alkyl halides is 4. The number of rotatable bonds is 3. The first-order valence-corrected chi connectivity index (χ1v) is 5.06. The van der Waals surface area contributed by atoms with E-state index >= 15 is 0 Å². The molecule has 0 aliphatic heterocycles. The summed E-state index contributed by atoms with van der Waals surface area (Å²) in [6.07, 6.45) is 0.300. The molecule has 0 heterocycles. The van der Waals surface area contributed by atoms with Gasteiger partial charge in [-0.15, -0.1) is 0 Å². The van der Waals surface area contributed by atoms with E-state index in [9.17, 15) is 17.6 Å². The summed E-state index contributed by atoms with van der Waals surface area (Å²) >= 11 is 0. The fourth-order valence-electron chi connectivity index (χ4n) is 2.12. The van der Waals surface area contributed by atoms with E-state index < -0.39 is 30.6 Å². The second kappa shape index (κ2) is 3.70. The monoisotopic (exact) mass is 212 g/mol. The third-order valence-corrected chi connectivity index (χ3v) is 3.12. The summed E-state index contributed by atoms with van der Waals surface area (Å²) in [6, 6.07) is 0. The molecule has 14 heavy (non-hydrogen) atoms. The minimum absolute atomic E-state index is 0.0285. The molecule has 1 fully saturated rings. The Hall–Kier alpha value is -0.280. The van der Waals surface area contributed by atoms with Gasteiger partial charge in [-0.25, -0.2) is 0 Å². The molecular weight excluding hydrogens is 196 g/mol. The second-order valence-electron chi connectivity index (χ2n) is 4.34. The van der Waals surface area contributed by atoms with E-state index in [1.807, 2.05) is 6.92 Å². The minimum atomic E-state index is -3.79.